The van der Waals surface area contributed by atoms with E-state index in [0.29, 0.717) is 18.9 Å². The Morgan fingerprint density at radius 1 is 1.11 bits per heavy atom. The molecule has 0 aliphatic carbocycles. The molecule has 1 unspecified atom stereocenters. The van der Waals surface area contributed by atoms with Crippen LogP contribution in [0.25, 0.3) is 0 Å². The molecule has 148 valence electrons. The molecular formula is C22H32N2O3. The summed E-state index contributed by atoms with van der Waals surface area (Å²) in [6.45, 7) is 6.68. The lowest BCUT2D eigenvalue weighted by atomic mass is 9.96. The van der Waals surface area contributed by atoms with Gasteiger partial charge in [-0.1, -0.05) is 26.0 Å². The fraction of sp³-hybridized carbons (Fsp3) is 0.636. The first kappa shape index (κ1) is 19.7. The molecule has 2 heterocycles. The zero-order chi connectivity index (χ0) is 19.4. The smallest absolute Gasteiger partial charge is 0.245 e. The number of ether oxygens (including phenoxy) is 1. The fourth-order valence-corrected chi connectivity index (χ4v) is 4.19. The van der Waals surface area contributed by atoms with Crippen molar-refractivity contribution in [3.8, 4) is 5.75 Å². The van der Waals surface area contributed by atoms with E-state index in [0.717, 1.165) is 50.1 Å². The number of hydrogen-bond acceptors (Lipinski definition) is 3. The lowest BCUT2D eigenvalue weighted by molar-refractivity contribution is -0.144. The van der Waals surface area contributed by atoms with Gasteiger partial charge < -0.3 is 14.5 Å². The average Bonchev–Trinajstić information content (AvgIpc) is 3.18. The number of likely N-dealkylation sites (tertiary alicyclic amines) is 2. The minimum atomic E-state index is -0.256. The summed E-state index contributed by atoms with van der Waals surface area (Å²) < 4.78 is 5.20. The molecule has 2 aliphatic rings. The lowest BCUT2D eigenvalue weighted by Crippen LogP contribution is -2.50. The summed E-state index contributed by atoms with van der Waals surface area (Å²) in [7, 11) is 1.65. The van der Waals surface area contributed by atoms with E-state index in [-0.39, 0.29) is 23.8 Å². The summed E-state index contributed by atoms with van der Waals surface area (Å²) in [4.78, 5) is 29.7. The zero-order valence-corrected chi connectivity index (χ0v) is 16.8. The number of carbonyl (C=O) groups is 2. The van der Waals surface area contributed by atoms with Crippen LogP contribution in [0.15, 0.2) is 24.3 Å². The van der Waals surface area contributed by atoms with Crippen molar-refractivity contribution < 1.29 is 14.3 Å². The molecule has 0 saturated carbocycles. The maximum Gasteiger partial charge on any atom is 0.245 e. The maximum atomic E-state index is 13.0. The van der Waals surface area contributed by atoms with Crippen LogP contribution in [0, 0.1) is 5.92 Å². The topological polar surface area (TPSA) is 49.9 Å². The van der Waals surface area contributed by atoms with E-state index in [4.69, 9.17) is 4.74 Å². The largest absolute Gasteiger partial charge is 0.497 e. The van der Waals surface area contributed by atoms with Crippen LogP contribution in [-0.4, -0.2) is 54.4 Å². The second kappa shape index (κ2) is 8.77. The maximum absolute atomic E-state index is 13.0. The van der Waals surface area contributed by atoms with Gasteiger partial charge in [-0.25, -0.2) is 0 Å². The molecule has 0 bridgehead atoms. The Balaban J connectivity index is 1.60. The Morgan fingerprint density at radius 2 is 1.78 bits per heavy atom. The van der Waals surface area contributed by atoms with E-state index < -0.39 is 0 Å². The highest BCUT2D eigenvalue weighted by molar-refractivity contribution is 5.88. The summed E-state index contributed by atoms with van der Waals surface area (Å²) in [5.74, 6) is 1.89. The Kier molecular flexibility index (Phi) is 6.40. The van der Waals surface area contributed by atoms with Crippen LogP contribution in [-0.2, 0) is 9.59 Å². The Hall–Kier alpha value is -2.04. The first-order valence-electron chi connectivity index (χ1n) is 10.2. The molecule has 0 N–H and O–H groups in total. The van der Waals surface area contributed by atoms with Crippen LogP contribution in [0.4, 0.5) is 0 Å². The van der Waals surface area contributed by atoms with Crippen molar-refractivity contribution in [2.24, 2.45) is 5.92 Å². The molecule has 27 heavy (non-hydrogen) atoms. The molecule has 1 aromatic carbocycles. The van der Waals surface area contributed by atoms with Crippen molar-refractivity contribution in [3.63, 3.8) is 0 Å². The van der Waals surface area contributed by atoms with Gasteiger partial charge in [0.25, 0.3) is 0 Å². The van der Waals surface area contributed by atoms with Gasteiger partial charge in [-0.3, -0.25) is 9.59 Å². The number of hydrogen-bond donors (Lipinski definition) is 0. The van der Waals surface area contributed by atoms with Gasteiger partial charge in [-0.05, 0) is 55.2 Å². The third-order valence-electron chi connectivity index (χ3n) is 6.12. The molecule has 1 aromatic rings. The summed E-state index contributed by atoms with van der Waals surface area (Å²) in [6, 6.07) is 7.62. The van der Waals surface area contributed by atoms with E-state index in [1.165, 1.54) is 0 Å². The van der Waals surface area contributed by atoms with E-state index in [9.17, 15) is 9.59 Å². The first-order valence-corrected chi connectivity index (χ1v) is 10.2. The van der Waals surface area contributed by atoms with Crippen molar-refractivity contribution in [3.05, 3.63) is 29.8 Å². The number of carbonyl (C=O) groups excluding carboxylic acids is 2. The van der Waals surface area contributed by atoms with Crippen LogP contribution >= 0.6 is 0 Å². The lowest BCUT2D eigenvalue weighted by Gasteiger charge is -2.34. The molecule has 0 aromatic heterocycles. The average molecular weight is 373 g/mol. The highest BCUT2D eigenvalue weighted by atomic mass is 16.5. The van der Waals surface area contributed by atoms with Gasteiger partial charge in [-0.15, -0.1) is 0 Å². The van der Waals surface area contributed by atoms with Crippen LogP contribution in [0.2, 0.25) is 0 Å². The summed E-state index contributed by atoms with van der Waals surface area (Å²) in [6.07, 6.45) is 4.30. The minimum absolute atomic E-state index is 0.0968. The highest BCUT2D eigenvalue weighted by Crippen LogP contribution is 2.27. The Morgan fingerprint density at radius 3 is 2.41 bits per heavy atom. The van der Waals surface area contributed by atoms with Gasteiger partial charge in [0, 0.05) is 26.1 Å². The van der Waals surface area contributed by atoms with Gasteiger partial charge >= 0.3 is 0 Å². The molecule has 2 aliphatic heterocycles. The predicted molar refractivity (Wildman–Crippen MR) is 106 cm³/mol. The normalized spacial score (nSPS) is 22.0. The third kappa shape index (κ3) is 4.63. The minimum Gasteiger partial charge on any atom is -0.497 e. The van der Waals surface area contributed by atoms with E-state index in [1.807, 2.05) is 34.1 Å². The number of benzene rings is 1. The SMILES string of the molecule is COc1ccc(C(C)CC(=O)N2CCC[C@@H]2C(=O)N2CCC(C)CC2)cc1. The molecule has 2 fully saturated rings. The Labute approximate surface area is 162 Å². The monoisotopic (exact) mass is 372 g/mol. The molecule has 2 saturated heterocycles. The van der Waals surface area contributed by atoms with Crippen LogP contribution in [0.3, 0.4) is 0 Å². The first-order chi connectivity index (χ1) is 13.0. The second-order valence-corrected chi connectivity index (χ2v) is 8.13. The fourth-order valence-electron chi connectivity index (χ4n) is 4.19. The zero-order valence-electron chi connectivity index (χ0n) is 16.8. The second-order valence-electron chi connectivity index (χ2n) is 8.13. The predicted octanol–water partition coefficient (Wildman–Crippen LogP) is 3.44. The number of nitrogens with zero attached hydrogens (tertiary/aromatic N) is 2. The van der Waals surface area contributed by atoms with E-state index in [1.54, 1.807) is 7.11 Å². The molecule has 0 spiro atoms. The molecule has 2 atom stereocenters. The van der Waals surface area contributed by atoms with Crippen LogP contribution < -0.4 is 4.74 Å². The molecule has 2 amide bonds. The standard InChI is InChI=1S/C22H32N2O3/c1-16-10-13-23(14-11-16)22(26)20-5-4-12-24(20)21(25)15-17(2)18-6-8-19(27-3)9-7-18/h6-9,16-17,20H,4-5,10-15H2,1-3H3/t17?,20-/m1/s1. The van der Waals surface area contributed by atoms with Crippen molar-refractivity contribution in [1.29, 1.82) is 0 Å². The molecule has 3 rings (SSSR count). The van der Waals surface area contributed by atoms with Gasteiger partial charge in [0.1, 0.15) is 11.8 Å². The summed E-state index contributed by atoms with van der Waals surface area (Å²) in [5.41, 5.74) is 1.12. The summed E-state index contributed by atoms with van der Waals surface area (Å²) in [5, 5.41) is 0. The van der Waals surface area contributed by atoms with Gasteiger partial charge in [0.2, 0.25) is 11.8 Å². The van der Waals surface area contributed by atoms with E-state index in [2.05, 4.69) is 13.8 Å². The molecule has 5 nitrogen and oxygen atoms in total. The molecular weight excluding hydrogens is 340 g/mol. The van der Waals surface area contributed by atoms with Gasteiger partial charge in [0.05, 0.1) is 7.11 Å². The number of amides is 2. The number of rotatable bonds is 5. The van der Waals surface area contributed by atoms with Crippen molar-refractivity contribution in [2.45, 2.75) is 57.9 Å². The summed E-state index contributed by atoms with van der Waals surface area (Å²) >= 11 is 0. The highest BCUT2D eigenvalue weighted by Gasteiger charge is 2.37. The number of methoxy groups -OCH3 is 1. The molecule has 5 heteroatoms. The van der Waals surface area contributed by atoms with Gasteiger partial charge in [0.15, 0.2) is 0 Å². The number of piperidine rings is 1. The molecule has 0 radical (unpaired) electrons. The Bertz CT molecular complexity index is 650. The van der Waals surface area contributed by atoms with Crippen molar-refractivity contribution in [2.75, 3.05) is 26.7 Å². The van der Waals surface area contributed by atoms with E-state index >= 15 is 0 Å². The third-order valence-corrected chi connectivity index (χ3v) is 6.12. The van der Waals surface area contributed by atoms with Crippen LogP contribution in [0.5, 0.6) is 5.75 Å². The van der Waals surface area contributed by atoms with Crippen molar-refractivity contribution >= 4 is 11.8 Å². The van der Waals surface area contributed by atoms with Crippen LogP contribution in [0.1, 0.15) is 57.4 Å². The van der Waals surface area contributed by atoms with Gasteiger partial charge in [-0.2, -0.15) is 0 Å². The quantitative estimate of drug-likeness (QED) is 0.796. The van der Waals surface area contributed by atoms with Crippen molar-refractivity contribution in [1.82, 2.24) is 9.80 Å².